The van der Waals surface area contributed by atoms with Gasteiger partial charge in [-0.1, -0.05) is 52.0 Å². The fourth-order valence-electron chi connectivity index (χ4n) is 3.22. The van der Waals surface area contributed by atoms with E-state index in [1.54, 1.807) is 6.07 Å². The zero-order valence-corrected chi connectivity index (χ0v) is 18.0. The van der Waals surface area contributed by atoms with Crippen LogP contribution < -0.4 is 11.0 Å². The third-order valence-corrected chi connectivity index (χ3v) is 5.46. The number of aromatic nitrogens is 4. The van der Waals surface area contributed by atoms with Crippen LogP contribution in [0.2, 0.25) is 0 Å². The molecule has 0 saturated carbocycles. The molecule has 0 aliphatic heterocycles. The molecule has 2 aromatic heterocycles. The highest BCUT2D eigenvalue weighted by molar-refractivity contribution is 7.12. The molecular weight excluding hydrogens is 386 g/mol. The first-order valence-electron chi connectivity index (χ1n) is 9.80. The van der Waals surface area contributed by atoms with Crippen molar-refractivity contribution in [3.8, 4) is 5.00 Å². The molecule has 0 radical (unpaired) electrons. The van der Waals surface area contributed by atoms with Gasteiger partial charge < -0.3 is 5.32 Å². The molecule has 8 heteroatoms. The Balaban J connectivity index is 1.70. The van der Waals surface area contributed by atoms with Gasteiger partial charge >= 0.3 is 5.69 Å². The Hall–Kier alpha value is -2.74. The predicted molar refractivity (Wildman–Crippen MR) is 114 cm³/mol. The van der Waals surface area contributed by atoms with Crippen molar-refractivity contribution in [3.05, 3.63) is 63.4 Å². The van der Waals surface area contributed by atoms with E-state index in [1.165, 1.54) is 21.6 Å². The van der Waals surface area contributed by atoms with Crippen LogP contribution in [-0.4, -0.2) is 25.7 Å². The van der Waals surface area contributed by atoms with Crippen LogP contribution in [0.5, 0.6) is 0 Å². The lowest BCUT2D eigenvalue weighted by Crippen LogP contribution is -2.37. The SMILES string of the molecule is CC(C)Cc1ccc(C(NC(=O)Cn2nnn(-c3cccs3)c2=O)C(C)C)cc1. The molecule has 7 nitrogen and oxygen atoms in total. The first-order chi connectivity index (χ1) is 13.8. The van der Waals surface area contributed by atoms with E-state index in [4.69, 9.17) is 0 Å². The number of tetrazole rings is 1. The van der Waals surface area contributed by atoms with Gasteiger partial charge in [0.25, 0.3) is 0 Å². The lowest BCUT2D eigenvalue weighted by molar-refractivity contribution is -0.123. The lowest BCUT2D eigenvalue weighted by atomic mass is 9.93. The molecule has 154 valence electrons. The van der Waals surface area contributed by atoms with E-state index in [9.17, 15) is 9.59 Å². The Kier molecular flexibility index (Phi) is 6.64. The van der Waals surface area contributed by atoms with E-state index in [2.05, 4.69) is 67.7 Å². The van der Waals surface area contributed by atoms with E-state index in [0.29, 0.717) is 10.9 Å². The normalized spacial score (nSPS) is 12.5. The highest BCUT2D eigenvalue weighted by atomic mass is 32.1. The molecule has 1 N–H and O–H groups in total. The van der Waals surface area contributed by atoms with Gasteiger partial charge in [0.05, 0.1) is 6.04 Å². The minimum Gasteiger partial charge on any atom is -0.347 e. The van der Waals surface area contributed by atoms with E-state index in [0.717, 1.165) is 16.7 Å². The molecule has 1 atom stereocenters. The summed E-state index contributed by atoms with van der Waals surface area (Å²) in [6.07, 6.45) is 1.03. The van der Waals surface area contributed by atoms with Crippen LogP contribution in [0, 0.1) is 11.8 Å². The van der Waals surface area contributed by atoms with Crippen LogP contribution in [0.25, 0.3) is 5.00 Å². The Bertz CT molecular complexity index is 987. The fourth-order valence-corrected chi connectivity index (χ4v) is 3.89. The maximum Gasteiger partial charge on any atom is 0.369 e. The van der Waals surface area contributed by atoms with Gasteiger partial charge in [-0.3, -0.25) is 4.79 Å². The van der Waals surface area contributed by atoms with E-state index < -0.39 is 5.69 Å². The Labute approximate surface area is 174 Å². The topological polar surface area (TPSA) is 81.8 Å². The number of amides is 1. The standard InChI is InChI=1S/C21H27N5O2S/c1-14(2)12-16-7-9-17(10-8-16)20(15(3)4)22-18(27)13-25-21(28)26(24-23-25)19-6-5-11-29-19/h5-11,14-15,20H,12-13H2,1-4H3,(H,22,27). The van der Waals surface area contributed by atoms with Crippen LogP contribution in [0.15, 0.2) is 46.6 Å². The molecule has 0 saturated heterocycles. The molecule has 1 aromatic carbocycles. The molecule has 0 spiro atoms. The van der Waals surface area contributed by atoms with Crippen molar-refractivity contribution in [2.24, 2.45) is 11.8 Å². The molecule has 1 amide bonds. The second-order valence-corrected chi connectivity index (χ2v) is 8.84. The van der Waals surface area contributed by atoms with Crippen LogP contribution in [0.1, 0.15) is 44.9 Å². The quantitative estimate of drug-likeness (QED) is 0.615. The van der Waals surface area contributed by atoms with Crippen molar-refractivity contribution in [1.29, 1.82) is 0 Å². The number of carbonyl (C=O) groups is 1. The summed E-state index contributed by atoms with van der Waals surface area (Å²) in [4.78, 5) is 25.1. The molecule has 0 aliphatic rings. The summed E-state index contributed by atoms with van der Waals surface area (Å²) in [6, 6.07) is 11.9. The zero-order valence-electron chi connectivity index (χ0n) is 17.2. The monoisotopic (exact) mass is 413 g/mol. The van der Waals surface area contributed by atoms with Crippen molar-refractivity contribution in [3.63, 3.8) is 0 Å². The first kappa shape index (κ1) is 21.0. The molecule has 1 unspecified atom stereocenters. The molecule has 29 heavy (non-hydrogen) atoms. The number of thiophene rings is 1. The second-order valence-electron chi connectivity index (χ2n) is 7.91. The Morgan fingerprint density at radius 3 is 2.41 bits per heavy atom. The Morgan fingerprint density at radius 1 is 1.10 bits per heavy atom. The third-order valence-electron chi connectivity index (χ3n) is 4.61. The summed E-state index contributed by atoms with van der Waals surface area (Å²) in [6.45, 7) is 8.35. The summed E-state index contributed by atoms with van der Waals surface area (Å²) in [5.41, 5.74) is 1.91. The van der Waals surface area contributed by atoms with Crippen molar-refractivity contribution < 1.29 is 4.79 Å². The molecule has 3 aromatic rings. The molecule has 0 aliphatic carbocycles. The van der Waals surface area contributed by atoms with Crippen LogP contribution in [0.4, 0.5) is 0 Å². The van der Waals surface area contributed by atoms with Gasteiger partial charge in [-0.05, 0) is 57.3 Å². The summed E-state index contributed by atoms with van der Waals surface area (Å²) in [5.74, 6) is 0.533. The van der Waals surface area contributed by atoms with Crippen LogP contribution in [-0.2, 0) is 17.8 Å². The second kappa shape index (κ2) is 9.17. The molecular formula is C21H27N5O2S. The number of carbonyl (C=O) groups excluding carboxylic acids is 1. The minimum atomic E-state index is -0.429. The van der Waals surface area contributed by atoms with Gasteiger partial charge in [-0.25, -0.2) is 4.79 Å². The maximum atomic E-state index is 12.6. The highest BCUT2D eigenvalue weighted by Gasteiger charge is 2.20. The number of hydrogen-bond acceptors (Lipinski definition) is 5. The summed E-state index contributed by atoms with van der Waals surface area (Å²) in [7, 11) is 0. The molecule has 3 rings (SSSR count). The third kappa shape index (κ3) is 5.20. The summed E-state index contributed by atoms with van der Waals surface area (Å²) < 4.78 is 2.28. The average Bonchev–Trinajstić information content (AvgIpc) is 3.30. The molecule has 0 fully saturated rings. The largest absolute Gasteiger partial charge is 0.369 e. The predicted octanol–water partition coefficient (Wildman–Crippen LogP) is 3.20. The summed E-state index contributed by atoms with van der Waals surface area (Å²) >= 11 is 1.39. The minimum absolute atomic E-state index is 0.140. The summed E-state index contributed by atoms with van der Waals surface area (Å²) in [5, 5.41) is 13.3. The number of rotatable bonds is 8. The first-order valence-corrected chi connectivity index (χ1v) is 10.7. The number of hydrogen-bond donors (Lipinski definition) is 1. The van der Waals surface area contributed by atoms with Crippen molar-refractivity contribution >= 4 is 17.2 Å². The van der Waals surface area contributed by atoms with E-state index in [-0.39, 0.29) is 24.4 Å². The number of nitrogens with one attached hydrogen (secondary N) is 1. The van der Waals surface area contributed by atoms with Gasteiger partial charge in [0, 0.05) is 0 Å². The fraction of sp³-hybridized carbons (Fsp3) is 0.429. The van der Waals surface area contributed by atoms with Gasteiger partial charge in [0.1, 0.15) is 11.5 Å². The van der Waals surface area contributed by atoms with Crippen molar-refractivity contribution in [2.45, 2.75) is 46.7 Å². The Morgan fingerprint density at radius 2 is 1.83 bits per heavy atom. The smallest absolute Gasteiger partial charge is 0.347 e. The van der Waals surface area contributed by atoms with Crippen LogP contribution in [0.3, 0.4) is 0 Å². The van der Waals surface area contributed by atoms with Gasteiger partial charge in [-0.15, -0.1) is 11.3 Å². The van der Waals surface area contributed by atoms with Gasteiger partial charge in [0.2, 0.25) is 5.91 Å². The van der Waals surface area contributed by atoms with Crippen LogP contribution >= 0.6 is 11.3 Å². The van der Waals surface area contributed by atoms with Gasteiger partial charge in [-0.2, -0.15) is 9.36 Å². The van der Waals surface area contributed by atoms with Crippen molar-refractivity contribution in [1.82, 2.24) is 25.1 Å². The van der Waals surface area contributed by atoms with E-state index >= 15 is 0 Å². The number of benzene rings is 1. The zero-order chi connectivity index (χ0) is 21.0. The molecule has 0 bridgehead atoms. The lowest BCUT2D eigenvalue weighted by Gasteiger charge is -2.23. The number of nitrogens with zero attached hydrogens (tertiary/aromatic N) is 4. The van der Waals surface area contributed by atoms with Crippen molar-refractivity contribution in [2.75, 3.05) is 0 Å². The average molecular weight is 414 g/mol. The highest BCUT2D eigenvalue weighted by Crippen LogP contribution is 2.23. The molecule has 2 heterocycles. The van der Waals surface area contributed by atoms with Gasteiger partial charge in [0.15, 0.2) is 0 Å². The van der Waals surface area contributed by atoms with E-state index in [1.807, 2.05) is 11.4 Å². The maximum absolute atomic E-state index is 12.6.